The number of carboxylic acids is 1. The van der Waals surface area contributed by atoms with Crippen LogP contribution in [0.1, 0.15) is 0 Å². The maximum Gasteiger partial charge on any atom is 0.314 e. The van der Waals surface area contributed by atoms with Crippen LogP contribution in [0.15, 0.2) is 0 Å². The van der Waals surface area contributed by atoms with Gasteiger partial charge in [0, 0.05) is 27.3 Å². The zero-order chi connectivity index (χ0) is 4.28. The molecule has 32 valence electrons. The van der Waals surface area contributed by atoms with Crippen LogP contribution in [0.4, 0.5) is 0 Å². The van der Waals surface area contributed by atoms with Crippen molar-refractivity contribution in [2.75, 3.05) is 5.33 Å². The van der Waals surface area contributed by atoms with E-state index in [0.717, 1.165) is 0 Å². The minimum atomic E-state index is -0.829. The molecule has 0 radical (unpaired) electrons. The van der Waals surface area contributed by atoms with Gasteiger partial charge in [0.25, 0.3) is 0 Å². The first-order chi connectivity index (χ1) is 2.27. The van der Waals surface area contributed by atoms with Crippen molar-refractivity contribution in [2.45, 2.75) is 0 Å². The molecule has 0 spiro atoms. The number of hydrogen-bond acceptors (Lipinski definition) is 1. The molecule has 0 rings (SSSR count). The third-order valence-electron chi connectivity index (χ3n) is 0.114. The molecule has 0 saturated carbocycles. The van der Waals surface area contributed by atoms with Crippen molar-refractivity contribution < 1.29 is 37.2 Å². The predicted octanol–water partition coefficient (Wildman–Crippen LogP) is 0.463. The van der Waals surface area contributed by atoms with E-state index in [-0.39, 0.29) is 32.6 Å². The first-order valence-corrected chi connectivity index (χ1v) is 2.17. The number of hydrogen-bond donors (Lipinski definition) is 1. The van der Waals surface area contributed by atoms with E-state index in [1.807, 2.05) is 0 Å². The molecule has 2 nitrogen and oxygen atoms in total. The summed E-state index contributed by atoms with van der Waals surface area (Å²) in [6.45, 7) is 0. The van der Waals surface area contributed by atoms with Gasteiger partial charge in [-0.2, -0.15) is 0 Å². The van der Waals surface area contributed by atoms with E-state index in [1.165, 1.54) is 0 Å². The van der Waals surface area contributed by atoms with Gasteiger partial charge in [0.15, 0.2) is 0 Å². The summed E-state index contributed by atoms with van der Waals surface area (Å²) in [6, 6.07) is 0. The van der Waals surface area contributed by atoms with Crippen molar-refractivity contribution in [3.63, 3.8) is 0 Å². The third-order valence-corrected chi connectivity index (χ3v) is 0.594. The minimum Gasteiger partial charge on any atom is -0.481 e. The zero-order valence-electron chi connectivity index (χ0n) is 3.15. The van der Waals surface area contributed by atoms with Crippen molar-refractivity contribution in [2.24, 2.45) is 0 Å². The number of alkyl halides is 1. The number of aliphatic carboxylic acids is 1. The van der Waals surface area contributed by atoms with Crippen LogP contribution >= 0.6 is 15.9 Å². The second kappa shape index (κ2) is 5.87. The standard InChI is InChI=1S/C2H3BrO2.Cd/c3-1-2(4)5;/h1H2,(H,4,5);. The Balaban J connectivity index is 0. The fourth-order valence-electron chi connectivity index (χ4n) is 0. The van der Waals surface area contributed by atoms with E-state index in [9.17, 15) is 4.79 Å². The number of carbonyl (C=O) groups is 1. The van der Waals surface area contributed by atoms with E-state index in [2.05, 4.69) is 15.9 Å². The molecule has 0 bridgehead atoms. The topological polar surface area (TPSA) is 37.3 Å². The Labute approximate surface area is 64.2 Å². The Morgan fingerprint density at radius 3 is 2.00 bits per heavy atom. The maximum atomic E-state index is 9.32. The molecule has 0 aromatic carbocycles. The Hall–Kier alpha value is 0.872. The van der Waals surface area contributed by atoms with Crippen LogP contribution in [0, 0.1) is 0 Å². The van der Waals surface area contributed by atoms with Crippen LogP contribution in [-0.4, -0.2) is 16.4 Å². The largest absolute Gasteiger partial charge is 0.481 e. The SMILES string of the molecule is O=C(O)CBr.[Cd]. The molecule has 0 unspecified atom stereocenters. The smallest absolute Gasteiger partial charge is 0.314 e. The molecule has 0 atom stereocenters. The monoisotopic (exact) mass is 252 g/mol. The molecular weight excluding hydrogens is 248 g/mol. The number of rotatable bonds is 1. The molecule has 4 heteroatoms. The minimum absolute atomic E-state index is 0. The summed E-state index contributed by atoms with van der Waals surface area (Å²) in [6.07, 6.45) is 0. The fraction of sp³-hybridized carbons (Fsp3) is 0.500. The average Bonchev–Trinajstić information content (AvgIpc) is 1.38. The number of carboxylic acid groups (broad SMARTS) is 1. The zero-order valence-corrected chi connectivity index (χ0v) is 8.77. The first-order valence-electron chi connectivity index (χ1n) is 1.05. The summed E-state index contributed by atoms with van der Waals surface area (Å²) in [5.41, 5.74) is 0. The van der Waals surface area contributed by atoms with Gasteiger partial charge in [-0.25, -0.2) is 0 Å². The second-order valence-corrected chi connectivity index (χ2v) is 1.09. The molecule has 1 N–H and O–H groups in total. The quantitative estimate of drug-likeness (QED) is 0.543. The van der Waals surface area contributed by atoms with Gasteiger partial charge in [0.1, 0.15) is 5.33 Å². The van der Waals surface area contributed by atoms with Crippen LogP contribution in [0.25, 0.3) is 0 Å². The Kier molecular flexibility index (Phi) is 9.77. The van der Waals surface area contributed by atoms with Crippen LogP contribution in [0.2, 0.25) is 0 Å². The van der Waals surface area contributed by atoms with Gasteiger partial charge in [0.05, 0.1) is 0 Å². The van der Waals surface area contributed by atoms with E-state index >= 15 is 0 Å². The van der Waals surface area contributed by atoms with Gasteiger partial charge in [-0.05, 0) is 0 Å². The van der Waals surface area contributed by atoms with Crippen LogP contribution in [0.3, 0.4) is 0 Å². The number of halogens is 1. The molecular formula is C2H3BrCdO2. The van der Waals surface area contributed by atoms with Gasteiger partial charge >= 0.3 is 5.97 Å². The molecule has 0 aromatic rings. The van der Waals surface area contributed by atoms with Gasteiger partial charge in [0.2, 0.25) is 0 Å². The Morgan fingerprint density at radius 2 is 2.00 bits per heavy atom. The van der Waals surface area contributed by atoms with Gasteiger partial charge in [-0.1, -0.05) is 15.9 Å². The molecule has 0 fully saturated rings. The molecule has 0 amide bonds. The normalized spacial score (nSPS) is 6.17. The van der Waals surface area contributed by atoms with Crippen molar-refractivity contribution in [3.8, 4) is 0 Å². The van der Waals surface area contributed by atoms with Crippen molar-refractivity contribution in [1.29, 1.82) is 0 Å². The summed E-state index contributed by atoms with van der Waals surface area (Å²) >= 11 is 2.71. The summed E-state index contributed by atoms with van der Waals surface area (Å²) in [5, 5.41) is 7.71. The fourth-order valence-corrected chi connectivity index (χ4v) is 0. The third kappa shape index (κ3) is 8.86. The van der Waals surface area contributed by atoms with Crippen LogP contribution < -0.4 is 0 Å². The molecule has 0 saturated heterocycles. The molecule has 0 aromatic heterocycles. The molecule has 0 aliphatic carbocycles. The van der Waals surface area contributed by atoms with Crippen molar-refractivity contribution in [1.82, 2.24) is 0 Å². The van der Waals surface area contributed by atoms with Crippen LogP contribution in [0.5, 0.6) is 0 Å². The molecule has 0 heterocycles. The maximum absolute atomic E-state index is 9.32. The summed E-state index contributed by atoms with van der Waals surface area (Å²) in [4.78, 5) is 9.32. The van der Waals surface area contributed by atoms with Gasteiger partial charge in [-0.15, -0.1) is 0 Å². The molecule has 6 heavy (non-hydrogen) atoms. The van der Waals surface area contributed by atoms with E-state index in [0.29, 0.717) is 0 Å². The summed E-state index contributed by atoms with van der Waals surface area (Å²) < 4.78 is 0. The first kappa shape index (κ1) is 9.98. The van der Waals surface area contributed by atoms with Crippen molar-refractivity contribution in [3.05, 3.63) is 0 Å². The van der Waals surface area contributed by atoms with Crippen LogP contribution in [-0.2, 0) is 32.1 Å². The molecule has 0 aliphatic rings. The second-order valence-electron chi connectivity index (χ2n) is 0.527. The van der Waals surface area contributed by atoms with Crippen molar-refractivity contribution >= 4 is 21.9 Å². The Bertz CT molecular complexity index is 46.8. The predicted molar refractivity (Wildman–Crippen MR) is 21.4 cm³/mol. The van der Waals surface area contributed by atoms with E-state index in [1.54, 1.807) is 0 Å². The Morgan fingerprint density at radius 1 is 1.83 bits per heavy atom. The average molecular weight is 251 g/mol. The van der Waals surface area contributed by atoms with E-state index in [4.69, 9.17) is 5.11 Å². The summed E-state index contributed by atoms with van der Waals surface area (Å²) in [7, 11) is 0. The van der Waals surface area contributed by atoms with Gasteiger partial charge < -0.3 is 5.11 Å². The summed E-state index contributed by atoms with van der Waals surface area (Å²) in [5.74, 6) is -0.829. The molecule has 0 aliphatic heterocycles. The van der Waals surface area contributed by atoms with Gasteiger partial charge in [-0.3, -0.25) is 4.79 Å². The van der Waals surface area contributed by atoms with E-state index < -0.39 is 5.97 Å².